The fourth-order valence-corrected chi connectivity index (χ4v) is 1.05. The molecule has 0 spiro atoms. The molecule has 0 aromatic carbocycles. The molecule has 0 aliphatic heterocycles. The van der Waals surface area contributed by atoms with Crippen molar-refractivity contribution in [1.82, 2.24) is 5.32 Å². The number of furan rings is 1. The molecule has 14 heavy (non-hydrogen) atoms. The van der Waals surface area contributed by atoms with Gasteiger partial charge in [0, 0.05) is 0 Å². The molecular formula is C10H15NO3. The lowest BCUT2D eigenvalue weighted by molar-refractivity contribution is -0.144. The fourth-order valence-electron chi connectivity index (χ4n) is 1.05. The van der Waals surface area contributed by atoms with Crippen molar-refractivity contribution in [1.29, 1.82) is 0 Å². The molecule has 0 saturated carbocycles. The zero-order chi connectivity index (χ0) is 10.6. The molecule has 0 fully saturated rings. The quantitative estimate of drug-likeness (QED) is 0.753. The van der Waals surface area contributed by atoms with E-state index in [-0.39, 0.29) is 0 Å². The van der Waals surface area contributed by atoms with Crippen molar-refractivity contribution >= 4 is 5.97 Å². The zero-order valence-electron chi connectivity index (χ0n) is 8.41. The molecule has 0 bridgehead atoms. The summed E-state index contributed by atoms with van der Waals surface area (Å²) in [5, 5.41) is 11.9. The maximum Gasteiger partial charge on any atom is 0.323 e. The third-order valence-corrected chi connectivity index (χ3v) is 2.41. The summed E-state index contributed by atoms with van der Waals surface area (Å²) >= 11 is 0. The molecule has 2 N–H and O–H groups in total. The van der Waals surface area contributed by atoms with Gasteiger partial charge >= 0.3 is 5.97 Å². The molecule has 0 saturated heterocycles. The highest BCUT2D eigenvalue weighted by Crippen LogP contribution is 2.11. The Morgan fingerprint density at radius 1 is 1.71 bits per heavy atom. The maximum atomic E-state index is 10.9. The highest BCUT2D eigenvalue weighted by Gasteiger charge is 2.30. The molecule has 1 atom stereocenters. The van der Waals surface area contributed by atoms with Crippen LogP contribution in [0.5, 0.6) is 0 Å². The van der Waals surface area contributed by atoms with E-state index >= 15 is 0 Å². The van der Waals surface area contributed by atoms with Crippen LogP contribution in [0.15, 0.2) is 22.8 Å². The number of hydrogen-bond acceptors (Lipinski definition) is 3. The minimum Gasteiger partial charge on any atom is -0.480 e. The number of aliphatic carboxylic acids is 1. The van der Waals surface area contributed by atoms with Gasteiger partial charge in [0.05, 0.1) is 12.8 Å². The number of hydrogen-bond donors (Lipinski definition) is 2. The van der Waals surface area contributed by atoms with E-state index in [1.807, 2.05) is 13.0 Å². The first kappa shape index (κ1) is 10.8. The van der Waals surface area contributed by atoms with Crippen molar-refractivity contribution < 1.29 is 14.3 Å². The molecule has 0 unspecified atom stereocenters. The summed E-state index contributed by atoms with van der Waals surface area (Å²) in [4.78, 5) is 10.9. The van der Waals surface area contributed by atoms with Crippen LogP contribution in [0, 0.1) is 0 Å². The number of carboxylic acids is 1. The molecule has 4 heteroatoms. The Hall–Kier alpha value is -1.29. The van der Waals surface area contributed by atoms with Crippen molar-refractivity contribution in [3.8, 4) is 0 Å². The lowest BCUT2D eigenvalue weighted by Gasteiger charge is -2.23. The normalized spacial score (nSPS) is 15.0. The maximum absolute atomic E-state index is 10.9. The summed E-state index contributed by atoms with van der Waals surface area (Å²) in [7, 11) is 0. The van der Waals surface area contributed by atoms with Gasteiger partial charge in [-0.2, -0.15) is 0 Å². The summed E-state index contributed by atoms with van der Waals surface area (Å²) < 4.78 is 5.10. The van der Waals surface area contributed by atoms with Crippen molar-refractivity contribution in [2.24, 2.45) is 0 Å². The van der Waals surface area contributed by atoms with Crippen LogP contribution >= 0.6 is 0 Å². The Bertz CT molecular complexity index is 294. The highest BCUT2D eigenvalue weighted by atomic mass is 16.4. The molecule has 0 aliphatic carbocycles. The largest absolute Gasteiger partial charge is 0.480 e. The van der Waals surface area contributed by atoms with Gasteiger partial charge in [0.15, 0.2) is 0 Å². The molecule has 4 nitrogen and oxygen atoms in total. The third-order valence-electron chi connectivity index (χ3n) is 2.41. The van der Waals surface area contributed by atoms with Gasteiger partial charge in [0.1, 0.15) is 11.3 Å². The minimum absolute atomic E-state index is 0.434. The topological polar surface area (TPSA) is 62.5 Å². The van der Waals surface area contributed by atoms with Gasteiger partial charge in [-0.3, -0.25) is 10.1 Å². The van der Waals surface area contributed by atoms with Gasteiger partial charge < -0.3 is 9.52 Å². The van der Waals surface area contributed by atoms with E-state index in [4.69, 9.17) is 9.52 Å². The number of rotatable bonds is 5. The van der Waals surface area contributed by atoms with Crippen LogP contribution in [-0.2, 0) is 11.3 Å². The number of carboxylic acid groups (broad SMARTS) is 1. The van der Waals surface area contributed by atoms with E-state index < -0.39 is 11.5 Å². The van der Waals surface area contributed by atoms with Gasteiger partial charge in [0.2, 0.25) is 0 Å². The van der Waals surface area contributed by atoms with Crippen LogP contribution < -0.4 is 5.32 Å². The molecule has 1 heterocycles. The van der Waals surface area contributed by atoms with Gasteiger partial charge in [-0.1, -0.05) is 6.92 Å². The Kier molecular flexibility index (Phi) is 3.30. The number of nitrogens with one attached hydrogen (secondary N) is 1. The smallest absolute Gasteiger partial charge is 0.323 e. The number of carbonyl (C=O) groups is 1. The van der Waals surface area contributed by atoms with Crippen LogP contribution in [0.3, 0.4) is 0 Å². The van der Waals surface area contributed by atoms with E-state index in [2.05, 4.69) is 5.32 Å². The second-order valence-corrected chi connectivity index (χ2v) is 3.42. The first-order valence-electron chi connectivity index (χ1n) is 4.59. The summed E-state index contributed by atoms with van der Waals surface area (Å²) in [6.45, 7) is 3.94. The molecule has 78 valence electrons. The van der Waals surface area contributed by atoms with Gasteiger partial charge in [0.25, 0.3) is 0 Å². The van der Waals surface area contributed by atoms with E-state index in [1.54, 1.807) is 19.3 Å². The fraction of sp³-hybridized carbons (Fsp3) is 0.500. The molecule has 1 aromatic rings. The standard InChI is InChI=1S/C10H15NO3/c1-3-10(2,9(12)13)11-7-8-5-4-6-14-8/h4-6,11H,3,7H2,1-2H3,(H,12,13)/t10-/m1/s1. The van der Waals surface area contributed by atoms with E-state index in [9.17, 15) is 4.79 Å². The summed E-state index contributed by atoms with van der Waals surface area (Å²) in [6.07, 6.45) is 2.10. The van der Waals surface area contributed by atoms with E-state index in [0.717, 1.165) is 5.76 Å². The molecule has 0 radical (unpaired) electrons. The summed E-state index contributed by atoms with van der Waals surface area (Å²) in [5.41, 5.74) is -0.882. The third kappa shape index (κ3) is 2.35. The van der Waals surface area contributed by atoms with Crippen LogP contribution in [0.1, 0.15) is 26.0 Å². The Morgan fingerprint density at radius 3 is 2.86 bits per heavy atom. The van der Waals surface area contributed by atoms with Crippen LogP contribution in [0.25, 0.3) is 0 Å². The Morgan fingerprint density at radius 2 is 2.43 bits per heavy atom. The molecule has 1 aromatic heterocycles. The van der Waals surface area contributed by atoms with Crippen molar-refractivity contribution in [2.75, 3.05) is 0 Å². The SMILES string of the molecule is CC[C@@](C)(NCc1ccco1)C(=O)O. The Labute approximate surface area is 82.9 Å². The van der Waals surface area contributed by atoms with E-state index in [1.165, 1.54) is 0 Å². The molecule has 0 aliphatic rings. The Balaban J connectivity index is 2.54. The predicted molar refractivity (Wildman–Crippen MR) is 51.9 cm³/mol. The summed E-state index contributed by atoms with van der Waals surface area (Å²) in [6, 6.07) is 3.59. The molecule has 1 rings (SSSR count). The highest BCUT2D eigenvalue weighted by molar-refractivity contribution is 5.78. The first-order chi connectivity index (χ1) is 6.58. The predicted octanol–water partition coefficient (Wildman–Crippen LogP) is 1.62. The molecule has 0 amide bonds. The van der Waals surface area contributed by atoms with Crippen LogP contribution in [0.2, 0.25) is 0 Å². The van der Waals surface area contributed by atoms with Gasteiger partial charge in [-0.15, -0.1) is 0 Å². The molecular weight excluding hydrogens is 182 g/mol. The lowest BCUT2D eigenvalue weighted by atomic mass is 9.99. The van der Waals surface area contributed by atoms with Crippen molar-refractivity contribution in [3.63, 3.8) is 0 Å². The second kappa shape index (κ2) is 4.28. The minimum atomic E-state index is -0.882. The van der Waals surface area contributed by atoms with Gasteiger partial charge in [-0.05, 0) is 25.5 Å². The summed E-state index contributed by atoms with van der Waals surface area (Å²) in [5.74, 6) is -0.0996. The van der Waals surface area contributed by atoms with Crippen molar-refractivity contribution in [2.45, 2.75) is 32.4 Å². The van der Waals surface area contributed by atoms with Crippen LogP contribution in [-0.4, -0.2) is 16.6 Å². The first-order valence-corrected chi connectivity index (χ1v) is 4.59. The average molecular weight is 197 g/mol. The van der Waals surface area contributed by atoms with Crippen molar-refractivity contribution in [3.05, 3.63) is 24.2 Å². The average Bonchev–Trinajstić information content (AvgIpc) is 2.66. The zero-order valence-corrected chi connectivity index (χ0v) is 8.41. The van der Waals surface area contributed by atoms with E-state index in [0.29, 0.717) is 13.0 Å². The monoisotopic (exact) mass is 197 g/mol. The second-order valence-electron chi connectivity index (χ2n) is 3.42. The van der Waals surface area contributed by atoms with Crippen LogP contribution in [0.4, 0.5) is 0 Å². The van der Waals surface area contributed by atoms with Gasteiger partial charge in [-0.25, -0.2) is 0 Å². The lowest BCUT2D eigenvalue weighted by Crippen LogP contribution is -2.48.